The third kappa shape index (κ3) is 4.47. The normalized spacial score (nSPS) is 16.4. The van der Waals surface area contributed by atoms with E-state index in [1.165, 1.54) is 31.7 Å². The van der Waals surface area contributed by atoms with Crippen LogP contribution in [0.25, 0.3) is 0 Å². The smallest absolute Gasteiger partial charge is 0.191 e. The predicted molar refractivity (Wildman–Crippen MR) is 84.6 cm³/mol. The fraction of sp³-hybridized carbons (Fsp3) is 0.533. The average molecular weight is 342 g/mol. The van der Waals surface area contributed by atoms with Crippen molar-refractivity contribution in [1.82, 2.24) is 10.6 Å². The highest BCUT2D eigenvalue weighted by molar-refractivity contribution is 9.10. The Morgan fingerprint density at radius 2 is 2.15 bits per heavy atom. The molecule has 0 amide bonds. The van der Waals surface area contributed by atoms with Gasteiger partial charge in [-0.2, -0.15) is 0 Å². The molecule has 0 atom stereocenters. The van der Waals surface area contributed by atoms with E-state index in [4.69, 9.17) is 0 Å². The van der Waals surface area contributed by atoms with Crippen LogP contribution < -0.4 is 10.6 Å². The Morgan fingerprint density at radius 3 is 2.85 bits per heavy atom. The van der Waals surface area contributed by atoms with Gasteiger partial charge in [0.1, 0.15) is 5.82 Å². The Bertz CT molecular complexity index is 470. The third-order valence-corrected chi connectivity index (χ3v) is 4.11. The van der Waals surface area contributed by atoms with E-state index < -0.39 is 0 Å². The van der Waals surface area contributed by atoms with E-state index in [0.29, 0.717) is 24.6 Å². The molecule has 0 radical (unpaired) electrons. The fourth-order valence-corrected chi connectivity index (χ4v) is 2.92. The van der Waals surface area contributed by atoms with E-state index in [1.54, 1.807) is 13.1 Å². The number of nitrogens with zero attached hydrogens (tertiary/aromatic N) is 1. The summed E-state index contributed by atoms with van der Waals surface area (Å²) in [5.41, 5.74) is 0.711. The number of hydrogen-bond donors (Lipinski definition) is 2. The van der Waals surface area contributed by atoms with Crippen molar-refractivity contribution < 1.29 is 4.39 Å². The Morgan fingerprint density at radius 1 is 1.40 bits per heavy atom. The number of rotatable bonds is 4. The van der Waals surface area contributed by atoms with Gasteiger partial charge in [-0.05, 0) is 43.0 Å². The minimum atomic E-state index is -0.159. The number of guanidine groups is 1. The van der Waals surface area contributed by atoms with Gasteiger partial charge in [-0.1, -0.05) is 28.8 Å². The van der Waals surface area contributed by atoms with Gasteiger partial charge in [0.05, 0.1) is 0 Å². The minimum Gasteiger partial charge on any atom is -0.356 e. The Hall–Kier alpha value is -1.10. The van der Waals surface area contributed by atoms with Crippen molar-refractivity contribution in [3.8, 4) is 0 Å². The second-order valence-electron chi connectivity index (χ2n) is 5.11. The fourth-order valence-electron chi connectivity index (χ4n) is 2.51. The lowest BCUT2D eigenvalue weighted by Gasteiger charge is -2.16. The maximum atomic E-state index is 13.6. The van der Waals surface area contributed by atoms with Crippen LogP contribution >= 0.6 is 15.9 Å². The van der Waals surface area contributed by atoms with Crippen LogP contribution in [0.3, 0.4) is 0 Å². The van der Waals surface area contributed by atoms with E-state index >= 15 is 0 Å². The van der Waals surface area contributed by atoms with Crippen LogP contribution in [0.2, 0.25) is 0 Å². The highest BCUT2D eigenvalue weighted by atomic mass is 79.9. The number of benzene rings is 1. The minimum absolute atomic E-state index is 0.159. The lowest BCUT2D eigenvalue weighted by molar-refractivity contribution is 0.599. The number of halogens is 2. The number of hydrogen-bond acceptors (Lipinski definition) is 1. The van der Waals surface area contributed by atoms with Crippen LogP contribution in [0.5, 0.6) is 0 Å². The second-order valence-corrected chi connectivity index (χ2v) is 6.03. The van der Waals surface area contributed by atoms with Crippen molar-refractivity contribution in [2.45, 2.75) is 38.1 Å². The molecule has 1 aliphatic carbocycles. The molecule has 0 aromatic heterocycles. The molecule has 110 valence electrons. The topological polar surface area (TPSA) is 36.4 Å². The van der Waals surface area contributed by atoms with Gasteiger partial charge in [0.15, 0.2) is 5.96 Å². The highest BCUT2D eigenvalue weighted by Crippen LogP contribution is 2.17. The summed E-state index contributed by atoms with van der Waals surface area (Å²) in [6.07, 6.45) is 5.63. The third-order valence-electron chi connectivity index (χ3n) is 3.61. The zero-order chi connectivity index (χ0) is 14.4. The quantitative estimate of drug-likeness (QED) is 0.651. The van der Waals surface area contributed by atoms with Crippen LogP contribution in [-0.2, 0) is 6.42 Å². The van der Waals surface area contributed by atoms with E-state index in [9.17, 15) is 4.39 Å². The van der Waals surface area contributed by atoms with E-state index in [1.807, 2.05) is 6.07 Å². The average Bonchev–Trinajstić information content (AvgIpc) is 2.94. The number of aliphatic imine (C=N–C) groups is 1. The standard InChI is InChI=1S/C15H21BrFN3/c1-18-15(20-13-4-2-3-5-13)19-9-8-11-10-12(16)6-7-14(11)17/h6-7,10,13H,2-5,8-9H2,1H3,(H2,18,19,20). The monoisotopic (exact) mass is 341 g/mol. The molecule has 0 spiro atoms. The van der Waals surface area contributed by atoms with E-state index in [-0.39, 0.29) is 5.82 Å². The van der Waals surface area contributed by atoms with E-state index in [2.05, 4.69) is 31.6 Å². The number of nitrogens with one attached hydrogen (secondary N) is 2. The molecule has 1 saturated carbocycles. The Kier molecular flexibility index (Phi) is 5.83. The highest BCUT2D eigenvalue weighted by Gasteiger charge is 2.15. The Balaban J connectivity index is 1.80. The van der Waals surface area contributed by atoms with Crippen molar-refractivity contribution in [3.05, 3.63) is 34.1 Å². The van der Waals surface area contributed by atoms with Crippen LogP contribution in [-0.4, -0.2) is 25.6 Å². The molecule has 0 bridgehead atoms. The van der Waals surface area contributed by atoms with Crippen molar-refractivity contribution >= 4 is 21.9 Å². The van der Waals surface area contributed by atoms with Crippen molar-refractivity contribution in [2.24, 2.45) is 4.99 Å². The zero-order valence-corrected chi connectivity index (χ0v) is 13.3. The van der Waals surface area contributed by atoms with Crippen LogP contribution in [0.4, 0.5) is 4.39 Å². The van der Waals surface area contributed by atoms with Crippen LogP contribution in [0.1, 0.15) is 31.2 Å². The first-order chi connectivity index (χ1) is 9.69. The SMILES string of the molecule is CN=C(NCCc1cc(Br)ccc1F)NC1CCCC1. The van der Waals surface area contributed by atoms with E-state index in [0.717, 1.165) is 10.4 Å². The van der Waals surface area contributed by atoms with Gasteiger partial charge in [-0.3, -0.25) is 4.99 Å². The molecule has 0 heterocycles. The largest absolute Gasteiger partial charge is 0.356 e. The maximum absolute atomic E-state index is 13.6. The molecule has 2 N–H and O–H groups in total. The van der Waals surface area contributed by atoms with Gasteiger partial charge in [0.25, 0.3) is 0 Å². The summed E-state index contributed by atoms with van der Waals surface area (Å²) in [4.78, 5) is 4.21. The van der Waals surface area contributed by atoms with Crippen molar-refractivity contribution in [3.63, 3.8) is 0 Å². The van der Waals surface area contributed by atoms with Gasteiger partial charge in [-0.25, -0.2) is 4.39 Å². The molecule has 20 heavy (non-hydrogen) atoms. The summed E-state index contributed by atoms with van der Waals surface area (Å²) in [5, 5.41) is 6.66. The summed E-state index contributed by atoms with van der Waals surface area (Å²) < 4.78 is 14.5. The van der Waals surface area contributed by atoms with Crippen molar-refractivity contribution in [1.29, 1.82) is 0 Å². The summed E-state index contributed by atoms with van der Waals surface area (Å²) >= 11 is 3.37. The summed E-state index contributed by atoms with van der Waals surface area (Å²) in [5.74, 6) is 0.654. The van der Waals surface area contributed by atoms with Gasteiger partial charge >= 0.3 is 0 Å². The maximum Gasteiger partial charge on any atom is 0.191 e. The molecule has 3 nitrogen and oxygen atoms in total. The molecular formula is C15H21BrFN3. The molecule has 1 fully saturated rings. The van der Waals surface area contributed by atoms with Gasteiger partial charge < -0.3 is 10.6 Å². The molecule has 1 aromatic rings. The first-order valence-corrected chi connectivity index (χ1v) is 7.89. The van der Waals surface area contributed by atoms with Crippen LogP contribution in [0.15, 0.2) is 27.7 Å². The first-order valence-electron chi connectivity index (χ1n) is 7.10. The molecule has 0 saturated heterocycles. The first kappa shape index (κ1) is 15.3. The van der Waals surface area contributed by atoms with Gasteiger partial charge in [0.2, 0.25) is 0 Å². The molecule has 2 rings (SSSR count). The van der Waals surface area contributed by atoms with Gasteiger partial charge in [0, 0.05) is 24.1 Å². The lowest BCUT2D eigenvalue weighted by atomic mass is 10.1. The van der Waals surface area contributed by atoms with Crippen LogP contribution in [0, 0.1) is 5.82 Å². The molecule has 0 aliphatic heterocycles. The Labute approximate surface area is 128 Å². The predicted octanol–water partition coefficient (Wildman–Crippen LogP) is 3.24. The summed E-state index contributed by atoms with van der Waals surface area (Å²) in [6, 6.07) is 5.56. The second kappa shape index (κ2) is 7.62. The summed E-state index contributed by atoms with van der Waals surface area (Å²) in [7, 11) is 1.77. The molecule has 1 aromatic carbocycles. The van der Waals surface area contributed by atoms with Crippen molar-refractivity contribution in [2.75, 3.05) is 13.6 Å². The molecular weight excluding hydrogens is 321 g/mol. The lowest BCUT2D eigenvalue weighted by Crippen LogP contribution is -2.43. The summed E-state index contributed by atoms with van der Waals surface area (Å²) in [6.45, 7) is 0.666. The zero-order valence-electron chi connectivity index (χ0n) is 11.8. The van der Waals surface area contributed by atoms with Gasteiger partial charge in [-0.15, -0.1) is 0 Å². The molecule has 1 aliphatic rings. The molecule has 5 heteroatoms. The molecule has 0 unspecified atom stereocenters.